The van der Waals surface area contributed by atoms with Crippen molar-refractivity contribution < 1.29 is 37.3 Å². The van der Waals surface area contributed by atoms with E-state index in [1.54, 1.807) is 0 Å². The largest absolute Gasteiger partial charge is 0.472 e. The van der Waals surface area contributed by atoms with Gasteiger partial charge in [0.2, 0.25) is 5.91 Å². The molecule has 470 valence electrons. The Morgan fingerprint density at radius 2 is 0.762 bits per heavy atom. The number of esters is 1. The zero-order chi connectivity index (χ0) is 58.6. The average molecular weight is 1150 g/mol. The summed E-state index contributed by atoms with van der Waals surface area (Å²) in [5.74, 6) is -0.491. The van der Waals surface area contributed by atoms with Gasteiger partial charge in [0.1, 0.15) is 19.3 Å². The minimum absolute atomic E-state index is 0.0417. The Balaban J connectivity index is 5.07. The number of phosphoric ester groups is 1. The van der Waals surface area contributed by atoms with Gasteiger partial charge in [-0.2, -0.15) is 0 Å². The number of nitrogens with zero attached hydrogens (tertiary/aromatic N) is 1. The first-order chi connectivity index (χ1) is 38.9. The first-order valence-electron chi connectivity index (χ1n) is 34.5. The first kappa shape index (κ1) is 78.0. The summed E-state index contributed by atoms with van der Waals surface area (Å²) in [4.78, 5) is 37.8. The number of phosphoric acid groups is 1. The van der Waals surface area contributed by atoms with Crippen LogP contribution in [0.4, 0.5) is 0 Å². The highest BCUT2D eigenvalue weighted by atomic mass is 31.2. The van der Waals surface area contributed by atoms with Crippen molar-refractivity contribution in [1.29, 1.82) is 0 Å². The van der Waals surface area contributed by atoms with Crippen LogP contribution < -0.4 is 5.32 Å². The van der Waals surface area contributed by atoms with Crippen LogP contribution in [0.25, 0.3) is 0 Å². The number of ether oxygens (including phenoxy) is 1. The van der Waals surface area contributed by atoms with Crippen LogP contribution in [0.5, 0.6) is 0 Å². The topological polar surface area (TPSA) is 111 Å². The van der Waals surface area contributed by atoms with Gasteiger partial charge >= 0.3 is 13.8 Å². The van der Waals surface area contributed by atoms with Crippen molar-refractivity contribution in [2.75, 3.05) is 40.9 Å². The molecule has 0 saturated heterocycles. The molecule has 10 heteroatoms. The molecule has 0 aliphatic rings. The lowest BCUT2D eigenvalue weighted by atomic mass is 10.0. The van der Waals surface area contributed by atoms with Crippen molar-refractivity contribution in [3.05, 3.63) is 48.6 Å². The summed E-state index contributed by atoms with van der Waals surface area (Å²) in [6.07, 6.45) is 75.4. The average Bonchev–Trinajstić information content (AvgIpc) is 3.42. The van der Waals surface area contributed by atoms with E-state index in [0.29, 0.717) is 23.9 Å². The van der Waals surface area contributed by atoms with Gasteiger partial charge in [-0.15, -0.1) is 0 Å². The van der Waals surface area contributed by atoms with E-state index in [0.717, 1.165) is 70.6 Å². The van der Waals surface area contributed by atoms with E-state index in [1.165, 1.54) is 231 Å². The quantitative estimate of drug-likeness (QED) is 0.0205. The van der Waals surface area contributed by atoms with Crippen LogP contribution in [0.2, 0.25) is 0 Å². The predicted molar refractivity (Wildman–Crippen MR) is 346 cm³/mol. The number of nitrogens with one attached hydrogen (secondary N) is 1. The molecule has 1 amide bonds. The van der Waals surface area contributed by atoms with Crippen LogP contribution in [0.3, 0.4) is 0 Å². The molecule has 9 nitrogen and oxygen atoms in total. The number of amides is 1. The fraction of sp³-hybridized carbons (Fsp3) is 0.857. The zero-order valence-electron chi connectivity index (χ0n) is 53.8. The van der Waals surface area contributed by atoms with Gasteiger partial charge in [0.25, 0.3) is 0 Å². The van der Waals surface area contributed by atoms with Crippen molar-refractivity contribution in [3.63, 3.8) is 0 Å². The second kappa shape index (κ2) is 60.1. The molecule has 2 N–H and O–H groups in total. The second-order valence-electron chi connectivity index (χ2n) is 24.7. The minimum atomic E-state index is -4.45. The van der Waals surface area contributed by atoms with Gasteiger partial charge in [-0.3, -0.25) is 18.6 Å². The molecule has 0 aromatic heterocycles. The summed E-state index contributed by atoms with van der Waals surface area (Å²) in [5.41, 5.74) is 0. The fourth-order valence-electron chi connectivity index (χ4n) is 10.2. The first-order valence-corrected chi connectivity index (χ1v) is 36.0. The number of hydrogen-bond donors (Lipinski definition) is 2. The minimum Gasteiger partial charge on any atom is -0.456 e. The SMILES string of the molecule is CCCCC/C=C\C/C=C\C/C=C\CCCCCCCCCCCCCCC(=O)NC(COP(=O)(O)OCC[N+](C)(C)C)C(/C=C\CCCCCCCCCCCC)OC(=O)CCCCCCCCCCCCCCCCCCC. The number of carbonyl (C=O) groups is 2. The maximum atomic E-state index is 13.6. The summed E-state index contributed by atoms with van der Waals surface area (Å²) in [6, 6.07) is -0.847. The summed E-state index contributed by atoms with van der Waals surface area (Å²) in [5, 5.41) is 3.07. The van der Waals surface area contributed by atoms with Gasteiger partial charge in [-0.05, 0) is 70.3 Å². The number of hydrogen-bond acceptors (Lipinski definition) is 6. The molecule has 0 heterocycles. The summed E-state index contributed by atoms with van der Waals surface area (Å²) in [6.45, 7) is 7.03. The Labute approximate surface area is 497 Å². The lowest BCUT2D eigenvalue weighted by Gasteiger charge is -2.27. The summed E-state index contributed by atoms with van der Waals surface area (Å²) in [7, 11) is 1.51. The van der Waals surface area contributed by atoms with Crippen molar-refractivity contribution in [3.8, 4) is 0 Å². The molecular weight excluding hydrogens is 1010 g/mol. The molecule has 0 spiro atoms. The smallest absolute Gasteiger partial charge is 0.456 e. The normalized spacial score (nSPS) is 13.8. The van der Waals surface area contributed by atoms with Gasteiger partial charge < -0.3 is 19.4 Å². The van der Waals surface area contributed by atoms with Crippen LogP contribution >= 0.6 is 7.82 Å². The van der Waals surface area contributed by atoms with E-state index in [1.807, 2.05) is 33.3 Å². The summed E-state index contributed by atoms with van der Waals surface area (Å²) < 4.78 is 30.8. The van der Waals surface area contributed by atoms with Gasteiger partial charge in [-0.25, -0.2) is 4.57 Å². The van der Waals surface area contributed by atoms with E-state index in [2.05, 4.69) is 62.5 Å². The molecule has 3 unspecified atom stereocenters. The van der Waals surface area contributed by atoms with Gasteiger partial charge in [0, 0.05) is 12.8 Å². The number of unbranched alkanes of at least 4 members (excludes halogenated alkanes) is 41. The van der Waals surface area contributed by atoms with E-state index < -0.39 is 20.0 Å². The van der Waals surface area contributed by atoms with Crippen molar-refractivity contribution >= 4 is 19.7 Å². The Kier molecular flexibility index (Phi) is 58.6. The Morgan fingerprint density at radius 1 is 0.438 bits per heavy atom. The number of quaternary nitrogens is 1. The molecule has 0 rings (SSSR count). The Bertz CT molecular complexity index is 1510. The van der Waals surface area contributed by atoms with Crippen LogP contribution in [-0.2, 0) is 27.9 Å². The second-order valence-corrected chi connectivity index (χ2v) is 26.2. The van der Waals surface area contributed by atoms with E-state index in [-0.39, 0.29) is 25.1 Å². The fourth-order valence-corrected chi connectivity index (χ4v) is 10.9. The third-order valence-corrected chi connectivity index (χ3v) is 16.5. The van der Waals surface area contributed by atoms with E-state index in [9.17, 15) is 19.0 Å². The number of carbonyl (C=O) groups excluding carboxylic acids is 2. The molecule has 0 aromatic rings. The van der Waals surface area contributed by atoms with Crippen LogP contribution in [0.15, 0.2) is 48.6 Å². The molecule has 0 aromatic carbocycles. The predicted octanol–water partition coefficient (Wildman–Crippen LogP) is 21.6. The molecule has 0 aliphatic carbocycles. The Hall–Kier alpha value is -2.03. The molecular formula is C70H134N2O7P+. The van der Waals surface area contributed by atoms with Crippen molar-refractivity contribution in [2.24, 2.45) is 0 Å². The standard InChI is InChI=1S/C70H133N2O7P/c1-7-10-13-16-19-22-25-28-30-32-33-34-35-36-37-38-39-41-42-44-47-50-53-56-59-62-69(73)71-67(66-78-80(75,76)77-65-64-72(4,5)6)68(61-58-55-52-49-46-27-24-21-18-15-12-9-3)79-70(74)63-60-57-54-51-48-45-43-40-31-29-26-23-20-17-14-11-8-2/h19,22,28,30,33-34,58,61,67-68H,7-18,20-21,23-27,29,31-32,35-57,59-60,62-66H2,1-6H3,(H-,71,73,75,76)/p+1/b22-19-,30-28-,34-33-,61-58-. The maximum absolute atomic E-state index is 13.6. The lowest BCUT2D eigenvalue weighted by molar-refractivity contribution is -0.870. The highest BCUT2D eigenvalue weighted by molar-refractivity contribution is 7.47. The Morgan fingerprint density at radius 3 is 1.16 bits per heavy atom. The highest BCUT2D eigenvalue weighted by Gasteiger charge is 2.30. The third kappa shape index (κ3) is 60.6. The van der Waals surface area contributed by atoms with Crippen LogP contribution in [-0.4, -0.2) is 74.3 Å². The number of rotatable bonds is 63. The van der Waals surface area contributed by atoms with Crippen LogP contribution in [0, 0.1) is 0 Å². The van der Waals surface area contributed by atoms with Crippen LogP contribution in [0.1, 0.15) is 335 Å². The van der Waals surface area contributed by atoms with E-state index in [4.69, 9.17) is 13.8 Å². The van der Waals surface area contributed by atoms with Gasteiger partial charge in [0.05, 0.1) is 33.8 Å². The van der Waals surface area contributed by atoms with Gasteiger partial charge in [-0.1, -0.05) is 301 Å². The monoisotopic (exact) mass is 1150 g/mol. The van der Waals surface area contributed by atoms with Crippen molar-refractivity contribution in [1.82, 2.24) is 5.32 Å². The highest BCUT2D eigenvalue weighted by Crippen LogP contribution is 2.43. The lowest BCUT2D eigenvalue weighted by Crippen LogP contribution is -2.47. The molecule has 0 radical (unpaired) electrons. The molecule has 0 aliphatic heterocycles. The molecule has 0 saturated carbocycles. The molecule has 0 fully saturated rings. The maximum Gasteiger partial charge on any atom is 0.472 e. The molecule has 3 atom stereocenters. The van der Waals surface area contributed by atoms with Gasteiger partial charge in [0.15, 0.2) is 0 Å². The summed E-state index contributed by atoms with van der Waals surface area (Å²) >= 11 is 0. The zero-order valence-corrected chi connectivity index (χ0v) is 54.7. The van der Waals surface area contributed by atoms with Crippen molar-refractivity contribution in [2.45, 2.75) is 348 Å². The number of allylic oxidation sites excluding steroid dienone is 7. The van der Waals surface area contributed by atoms with E-state index >= 15 is 0 Å². The molecule has 80 heavy (non-hydrogen) atoms. The number of likely N-dealkylation sites (N-methyl/N-ethyl adjacent to an activating group) is 1. The third-order valence-electron chi connectivity index (χ3n) is 15.5. The molecule has 0 bridgehead atoms.